The first-order valence-electron chi connectivity index (χ1n) is 15.4. The Morgan fingerprint density at radius 1 is 0.952 bits per heavy atom. The fourth-order valence-electron chi connectivity index (χ4n) is 4.23. The lowest BCUT2D eigenvalue weighted by molar-refractivity contribution is -0.161. The molecular weight excluding hydrogens is 544 g/mol. The lowest BCUT2D eigenvalue weighted by Gasteiger charge is -2.40. The van der Waals surface area contributed by atoms with E-state index in [2.05, 4.69) is 71.1 Å². The third kappa shape index (κ3) is 14.8. The smallest absolute Gasteiger partial charge is 0.330 e. The van der Waals surface area contributed by atoms with Crippen molar-refractivity contribution in [1.82, 2.24) is 0 Å². The molecule has 0 aliphatic heterocycles. The minimum atomic E-state index is -2.13. The lowest BCUT2D eigenvalue weighted by Crippen LogP contribution is -2.45. The summed E-state index contributed by atoms with van der Waals surface area (Å²) in [5.74, 6) is -0.722. The van der Waals surface area contributed by atoms with Gasteiger partial charge in [-0.25, -0.2) is 4.79 Å². The topological polar surface area (TPSA) is 82.1 Å². The van der Waals surface area contributed by atoms with E-state index in [1.807, 2.05) is 26.8 Å². The number of ether oxygens (including phenoxy) is 2. The molecule has 0 fully saturated rings. The molecule has 0 bridgehead atoms. The molecule has 238 valence electrons. The number of hydrogen-bond donors (Lipinski definition) is 1. The number of aliphatic hydroxyl groups excluding tert-OH is 1. The minimum Gasteiger partial charge on any atom is -0.463 e. The fraction of sp³-hybridized carbons (Fsp3) is 0.657. The fourth-order valence-corrected chi connectivity index (χ4v) is 5.63. The zero-order chi connectivity index (χ0) is 32.1. The first-order valence-corrected chi connectivity index (χ1v) is 18.3. The molecule has 0 radical (unpaired) electrons. The summed E-state index contributed by atoms with van der Waals surface area (Å²) in [5.41, 5.74) is 2.62. The number of esters is 2. The Hall–Kier alpha value is -2.22. The molecule has 0 spiro atoms. The normalized spacial score (nSPS) is 15.6. The van der Waals surface area contributed by atoms with Crippen LogP contribution in [0, 0.1) is 5.41 Å². The number of benzene rings is 1. The van der Waals surface area contributed by atoms with Gasteiger partial charge in [0.05, 0.1) is 18.1 Å². The van der Waals surface area contributed by atoms with Crippen molar-refractivity contribution in [3.63, 3.8) is 0 Å². The van der Waals surface area contributed by atoms with E-state index in [9.17, 15) is 14.7 Å². The highest BCUT2D eigenvalue weighted by Crippen LogP contribution is 2.39. The van der Waals surface area contributed by atoms with Crippen LogP contribution in [0.3, 0.4) is 0 Å². The van der Waals surface area contributed by atoms with Crippen molar-refractivity contribution in [3.8, 4) is 0 Å². The first-order chi connectivity index (χ1) is 19.3. The Balaban J connectivity index is 3.16. The molecule has 0 unspecified atom stereocenters. The molecule has 42 heavy (non-hydrogen) atoms. The van der Waals surface area contributed by atoms with Crippen molar-refractivity contribution >= 4 is 20.3 Å². The van der Waals surface area contributed by atoms with E-state index >= 15 is 0 Å². The second kappa shape index (κ2) is 17.2. The maximum atomic E-state index is 13.0. The van der Waals surface area contributed by atoms with Gasteiger partial charge in [0.25, 0.3) is 0 Å². The van der Waals surface area contributed by atoms with E-state index in [1.54, 1.807) is 13.8 Å². The van der Waals surface area contributed by atoms with Gasteiger partial charge in [-0.15, -0.1) is 0 Å². The van der Waals surface area contributed by atoms with Crippen LogP contribution in [0.25, 0.3) is 0 Å². The monoisotopic (exact) mass is 602 g/mol. The molecule has 1 aromatic rings. The van der Waals surface area contributed by atoms with E-state index in [0.717, 1.165) is 24.8 Å². The molecule has 0 saturated heterocycles. The molecule has 1 rings (SSSR count). The Morgan fingerprint density at radius 3 is 2.12 bits per heavy atom. The van der Waals surface area contributed by atoms with Gasteiger partial charge in [-0.2, -0.15) is 0 Å². The van der Waals surface area contributed by atoms with Gasteiger partial charge in [-0.3, -0.25) is 4.79 Å². The van der Waals surface area contributed by atoms with Gasteiger partial charge in [0.2, 0.25) is 0 Å². The van der Waals surface area contributed by atoms with Crippen molar-refractivity contribution in [2.75, 3.05) is 6.61 Å². The van der Waals surface area contributed by atoms with Gasteiger partial charge in [0, 0.05) is 25.0 Å². The van der Waals surface area contributed by atoms with Crippen LogP contribution in [0.15, 0.2) is 53.6 Å². The summed E-state index contributed by atoms with van der Waals surface area (Å²) in [5, 5.41) is 11.0. The van der Waals surface area contributed by atoms with E-state index in [4.69, 9.17) is 13.9 Å². The van der Waals surface area contributed by atoms with Crippen molar-refractivity contribution < 1.29 is 28.6 Å². The number of hydrogen-bond acceptors (Lipinski definition) is 6. The largest absolute Gasteiger partial charge is 0.463 e. The average molecular weight is 603 g/mol. The Bertz CT molecular complexity index is 1030. The SMILES string of the molecule is CCOC(=O)/C=C(\C)C[C@@H](O)C[C@H](C[C@@H](CC/C(C)=C/Cc1ccccc1)O[Si](C)(C)C(C)(C)C)OC(=O)C(C)(C)C. The van der Waals surface area contributed by atoms with Crippen LogP contribution in [-0.2, 0) is 29.9 Å². The number of carbonyl (C=O) groups is 2. The van der Waals surface area contributed by atoms with E-state index in [0.29, 0.717) is 13.0 Å². The standard InChI is InChI=1S/C35H58O6Si/c1-12-39-32(37)23-27(3)22-29(36)24-31(40-33(38)34(4,5)6)25-30(41-42(10,11)35(7,8)9)21-19-26(2)18-20-28-16-14-13-15-17-28/h13-18,23,29-31,36H,12,19-22,24-25H2,1-11H3/b26-18+,27-23+/t29-,30-,31-/m1/s1. The van der Waals surface area contributed by atoms with Crippen LogP contribution < -0.4 is 0 Å². The van der Waals surface area contributed by atoms with Crippen LogP contribution >= 0.6 is 0 Å². The molecule has 0 heterocycles. The van der Waals surface area contributed by atoms with E-state index < -0.39 is 31.9 Å². The summed E-state index contributed by atoms with van der Waals surface area (Å²) in [4.78, 5) is 24.8. The van der Waals surface area contributed by atoms with Crippen LogP contribution in [0.4, 0.5) is 0 Å². The summed E-state index contributed by atoms with van der Waals surface area (Å²) in [7, 11) is -2.13. The number of allylic oxidation sites excluding steroid dienone is 2. The minimum absolute atomic E-state index is 0.0234. The zero-order valence-corrected chi connectivity index (χ0v) is 29.2. The predicted octanol–water partition coefficient (Wildman–Crippen LogP) is 8.34. The summed E-state index contributed by atoms with van der Waals surface area (Å²) < 4.78 is 18.0. The Labute approximate surface area is 257 Å². The van der Waals surface area contributed by atoms with Gasteiger partial charge in [0.15, 0.2) is 8.32 Å². The highest BCUT2D eigenvalue weighted by molar-refractivity contribution is 6.74. The van der Waals surface area contributed by atoms with Crippen molar-refractivity contribution in [1.29, 1.82) is 0 Å². The van der Waals surface area contributed by atoms with Crippen LogP contribution in [0.1, 0.15) is 100.0 Å². The molecule has 7 heteroatoms. The molecule has 1 N–H and O–H groups in total. The van der Waals surface area contributed by atoms with Gasteiger partial charge < -0.3 is 19.0 Å². The van der Waals surface area contributed by atoms with Gasteiger partial charge >= 0.3 is 11.9 Å². The van der Waals surface area contributed by atoms with Gasteiger partial charge in [0.1, 0.15) is 6.10 Å². The van der Waals surface area contributed by atoms with Crippen molar-refractivity contribution in [2.24, 2.45) is 5.41 Å². The van der Waals surface area contributed by atoms with Crippen molar-refractivity contribution in [3.05, 3.63) is 59.2 Å². The quantitative estimate of drug-likeness (QED) is 0.0886. The maximum absolute atomic E-state index is 13.0. The molecular formula is C35H58O6Si. The molecule has 3 atom stereocenters. The third-order valence-electron chi connectivity index (χ3n) is 7.81. The number of carbonyl (C=O) groups excluding carboxylic acids is 2. The third-order valence-corrected chi connectivity index (χ3v) is 12.3. The molecule has 0 aliphatic carbocycles. The van der Waals surface area contributed by atoms with Crippen LogP contribution in [0.2, 0.25) is 18.1 Å². The molecule has 1 aromatic carbocycles. The number of aliphatic hydroxyl groups is 1. The van der Waals surface area contributed by atoms with Gasteiger partial charge in [-0.05, 0) is 90.9 Å². The second-order valence-electron chi connectivity index (χ2n) is 14.1. The highest BCUT2D eigenvalue weighted by atomic mass is 28.4. The summed E-state index contributed by atoms with van der Waals surface area (Å²) in [6, 6.07) is 10.4. The van der Waals surface area contributed by atoms with E-state index in [-0.39, 0.29) is 30.0 Å². The van der Waals surface area contributed by atoms with Crippen molar-refractivity contribution in [2.45, 2.75) is 137 Å². The molecule has 0 aliphatic rings. The summed E-state index contributed by atoms with van der Waals surface area (Å²) in [6.45, 7) is 22.7. The number of rotatable bonds is 16. The Kier molecular flexibility index (Phi) is 15.5. The molecule has 0 aromatic heterocycles. The molecule has 6 nitrogen and oxygen atoms in total. The second-order valence-corrected chi connectivity index (χ2v) is 18.9. The van der Waals surface area contributed by atoms with Crippen LogP contribution in [0.5, 0.6) is 0 Å². The summed E-state index contributed by atoms with van der Waals surface area (Å²) >= 11 is 0. The molecule has 0 amide bonds. The zero-order valence-electron chi connectivity index (χ0n) is 28.2. The summed E-state index contributed by atoms with van der Waals surface area (Å²) in [6.07, 6.45) is 5.85. The Morgan fingerprint density at radius 2 is 1.57 bits per heavy atom. The lowest BCUT2D eigenvalue weighted by atomic mass is 9.95. The highest BCUT2D eigenvalue weighted by Gasteiger charge is 2.40. The predicted molar refractivity (Wildman–Crippen MR) is 175 cm³/mol. The van der Waals surface area contributed by atoms with Crippen LogP contribution in [-0.4, -0.2) is 50.3 Å². The van der Waals surface area contributed by atoms with Gasteiger partial charge in [-0.1, -0.05) is 68.3 Å². The van der Waals surface area contributed by atoms with E-state index in [1.165, 1.54) is 17.2 Å². The maximum Gasteiger partial charge on any atom is 0.330 e. The first kappa shape index (κ1) is 37.8. The molecule has 0 saturated carbocycles. The average Bonchev–Trinajstić information content (AvgIpc) is 2.85.